The van der Waals surface area contributed by atoms with E-state index in [-0.39, 0.29) is 19.4 Å². The predicted octanol–water partition coefficient (Wildman–Crippen LogP) is 0.235. The summed E-state index contributed by atoms with van der Waals surface area (Å²) in [5.41, 5.74) is 0.759. The molecule has 1 aromatic carbocycles. The van der Waals surface area contributed by atoms with Gasteiger partial charge < -0.3 is 25.2 Å². The van der Waals surface area contributed by atoms with E-state index in [1.54, 1.807) is 24.3 Å². The fraction of sp³-hybridized carbons (Fsp3) is 0.412. The topological polar surface area (TPSA) is 138 Å². The monoisotopic (exact) mass is 363 g/mol. The van der Waals surface area contributed by atoms with Crippen LogP contribution in [0.2, 0.25) is 0 Å². The van der Waals surface area contributed by atoms with E-state index in [9.17, 15) is 19.5 Å². The summed E-state index contributed by atoms with van der Waals surface area (Å²) >= 11 is 0. The van der Waals surface area contributed by atoms with Crippen LogP contribution in [-0.4, -0.2) is 48.9 Å². The number of aliphatic hydroxyl groups excluding tert-OH is 1. The third-order valence-corrected chi connectivity index (χ3v) is 3.35. The van der Waals surface area contributed by atoms with Crippen molar-refractivity contribution in [2.45, 2.75) is 31.5 Å². The highest BCUT2D eigenvalue weighted by atomic mass is 16.5. The molecule has 0 radical (unpaired) electrons. The molecule has 0 bridgehead atoms. The summed E-state index contributed by atoms with van der Waals surface area (Å²) in [5, 5.41) is 22.5. The summed E-state index contributed by atoms with van der Waals surface area (Å²) in [7, 11) is 1.15. The van der Waals surface area contributed by atoms with Crippen molar-refractivity contribution < 1.29 is 29.0 Å². The van der Waals surface area contributed by atoms with E-state index in [0.717, 1.165) is 12.7 Å². The summed E-state index contributed by atoms with van der Waals surface area (Å²) in [4.78, 5) is 35.5. The zero-order valence-electron chi connectivity index (χ0n) is 14.3. The molecule has 0 fully saturated rings. The molecular weight excluding hydrogens is 342 g/mol. The van der Waals surface area contributed by atoms with Gasteiger partial charge >= 0.3 is 12.1 Å². The van der Waals surface area contributed by atoms with Crippen LogP contribution in [0.3, 0.4) is 0 Å². The number of alkyl carbamates (subject to hydrolysis) is 1. The Hall–Kier alpha value is -3.12. The lowest BCUT2D eigenvalue weighted by Crippen LogP contribution is -2.53. The number of carbonyl (C=O) groups excluding carboxylic acids is 3. The zero-order chi connectivity index (χ0) is 19.4. The summed E-state index contributed by atoms with van der Waals surface area (Å²) in [6.07, 6.45) is -0.822. The molecule has 0 unspecified atom stereocenters. The summed E-state index contributed by atoms with van der Waals surface area (Å²) in [6.45, 7) is -0.697. The molecule has 0 aliphatic heterocycles. The van der Waals surface area contributed by atoms with Crippen LogP contribution in [-0.2, 0) is 25.7 Å². The molecule has 0 saturated heterocycles. The van der Waals surface area contributed by atoms with E-state index >= 15 is 0 Å². The number of aliphatic hydroxyl groups is 1. The molecule has 0 aliphatic carbocycles. The first-order chi connectivity index (χ1) is 12.5. The molecule has 9 nitrogen and oxygen atoms in total. The molecule has 0 saturated carbocycles. The van der Waals surface area contributed by atoms with Crippen LogP contribution in [0, 0.1) is 11.3 Å². The van der Waals surface area contributed by atoms with E-state index in [0.29, 0.717) is 0 Å². The van der Waals surface area contributed by atoms with Crippen molar-refractivity contribution in [3.05, 3.63) is 35.9 Å². The van der Waals surface area contributed by atoms with Crippen molar-refractivity contribution in [2.24, 2.45) is 0 Å². The van der Waals surface area contributed by atoms with Gasteiger partial charge in [-0.3, -0.25) is 4.79 Å². The van der Waals surface area contributed by atoms with Crippen molar-refractivity contribution in [2.75, 3.05) is 13.7 Å². The Labute approximate surface area is 150 Å². The Balaban J connectivity index is 2.56. The van der Waals surface area contributed by atoms with Crippen molar-refractivity contribution in [1.82, 2.24) is 10.6 Å². The molecule has 1 rings (SSSR count). The lowest BCUT2D eigenvalue weighted by Gasteiger charge is -2.20. The smallest absolute Gasteiger partial charge is 0.408 e. The quantitative estimate of drug-likeness (QED) is 0.534. The Bertz CT molecular complexity index is 644. The molecule has 0 aromatic heterocycles. The van der Waals surface area contributed by atoms with E-state index in [1.165, 1.54) is 0 Å². The number of rotatable bonds is 9. The first kappa shape index (κ1) is 20.9. The van der Waals surface area contributed by atoms with Crippen molar-refractivity contribution in [3.8, 4) is 6.07 Å². The van der Waals surface area contributed by atoms with E-state index in [1.807, 2.05) is 12.1 Å². The normalized spacial score (nSPS) is 12.2. The Morgan fingerprint density at radius 2 is 1.88 bits per heavy atom. The number of amides is 2. The largest absolute Gasteiger partial charge is 0.467 e. The van der Waals surface area contributed by atoms with Crippen molar-refractivity contribution in [3.63, 3.8) is 0 Å². The lowest BCUT2D eigenvalue weighted by atomic mass is 10.1. The van der Waals surface area contributed by atoms with Gasteiger partial charge in [0.05, 0.1) is 19.8 Å². The molecule has 140 valence electrons. The van der Waals surface area contributed by atoms with E-state index in [2.05, 4.69) is 15.4 Å². The van der Waals surface area contributed by atoms with Crippen molar-refractivity contribution >= 4 is 18.0 Å². The number of ether oxygens (including phenoxy) is 2. The number of methoxy groups -OCH3 is 1. The third-order valence-electron chi connectivity index (χ3n) is 3.35. The molecule has 1 aromatic rings. The van der Waals surface area contributed by atoms with Crippen LogP contribution < -0.4 is 10.6 Å². The SMILES string of the molecule is COC(=O)[C@H](CCC#N)NC(=O)[C@H](CO)NC(=O)OCc1ccccc1. The average Bonchev–Trinajstić information content (AvgIpc) is 2.67. The van der Waals surface area contributed by atoms with Crippen molar-refractivity contribution in [1.29, 1.82) is 5.26 Å². The highest BCUT2D eigenvalue weighted by Crippen LogP contribution is 2.02. The molecule has 9 heteroatoms. The second-order valence-corrected chi connectivity index (χ2v) is 5.22. The molecular formula is C17H21N3O6. The van der Waals surface area contributed by atoms with Gasteiger partial charge in [0.25, 0.3) is 0 Å². The Morgan fingerprint density at radius 1 is 1.19 bits per heavy atom. The van der Waals surface area contributed by atoms with E-state index < -0.39 is 36.7 Å². The molecule has 2 amide bonds. The first-order valence-corrected chi connectivity index (χ1v) is 7.85. The van der Waals surface area contributed by atoms with Crippen LogP contribution in [0.4, 0.5) is 4.79 Å². The fourth-order valence-electron chi connectivity index (χ4n) is 1.97. The number of nitrogens with one attached hydrogen (secondary N) is 2. The van der Waals surface area contributed by atoms with Gasteiger partial charge in [-0.25, -0.2) is 9.59 Å². The lowest BCUT2D eigenvalue weighted by molar-refractivity contribution is -0.145. The molecule has 0 spiro atoms. The number of hydrogen-bond acceptors (Lipinski definition) is 7. The minimum Gasteiger partial charge on any atom is -0.467 e. The highest BCUT2D eigenvalue weighted by Gasteiger charge is 2.27. The van der Waals surface area contributed by atoms with Gasteiger partial charge in [0, 0.05) is 6.42 Å². The zero-order valence-corrected chi connectivity index (χ0v) is 14.3. The highest BCUT2D eigenvalue weighted by molar-refractivity contribution is 5.89. The number of carbonyl (C=O) groups is 3. The number of nitrogens with zero attached hydrogens (tertiary/aromatic N) is 1. The maximum atomic E-state index is 12.1. The number of benzene rings is 1. The van der Waals surface area contributed by atoms with Crippen LogP contribution in [0.5, 0.6) is 0 Å². The second-order valence-electron chi connectivity index (χ2n) is 5.22. The van der Waals surface area contributed by atoms with Crippen LogP contribution in [0.25, 0.3) is 0 Å². The first-order valence-electron chi connectivity index (χ1n) is 7.85. The fourth-order valence-corrected chi connectivity index (χ4v) is 1.97. The number of esters is 1. The van der Waals surface area contributed by atoms with E-state index in [4.69, 9.17) is 10.00 Å². The van der Waals surface area contributed by atoms with Crippen LogP contribution in [0.15, 0.2) is 30.3 Å². The standard InChI is InChI=1S/C17H21N3O6/c1-25-16(23)13(8-5-9-18)19-15(22)14(10-21)20-17(24)26-11-12-6-3-2-4-7-12/h2-4,6-7,13-14,21H,5,8,10-11H2,1H3,(H,19,22)(H,20,24)/t13-,14-/m0/s1. The molecule has 2 atom stereocenters. The van der Waals surface area contributed by atoms with Gasteiger partial charge in [-0.15, -0.1) is 0 Å². The van der Waals surface area contributed by atoms with Gasteiger partial charge in [-0.2, -0.15) is 5.26 Å². The second kappa shape index (κ2) is 11.4. The average molecular weight is 363 g/mol. The molecule has 3 N–H and O–H groups in total. The van der Waals surface area contributed by atoms with Crippen LogP contribution in [0.1, 0.15) is 18.4 Å². The molecule has 0 heterocycles. The Morgan fingerprint density at radius 3 is 2.46 bits per heavy atom. The van der Waals surface area contributed by atoms with Crippen LogP contribution >= 0.6 is 0 Å². The minimum absolute atomic E-state index is 0.000599. The predicted molar refractivity (Wildman–Crippen MR) is 89.4 cm³/mol. The Kier molecular flexibility index (Phi) is 9.20. The number of nitriles is 1. The third kappa shape index (κ3) is 7.19. The van der Waals surface area contributed by atoms with Gasteiger partial charge in [-0.05, 0) is 12.0 Å². The number of hydrogen-bond donors (Lipinski definition) is 3. The molecule has 26 heavy (non-hydrogen) atoms. The van der Waals surface area contributed by atoms with Gasteiger partial charge in [-0.1, -0.05) is 30.3 Å². The molecule has 0 aliphatic rings. The summed E-state index contributed by atoms with van der Waals surface area (Å²) < 4.78 is 9.53. The van der Waals surface area contributed by atoms with Gasteiger partial charge in [0.2, 0.25) is 5.91 Å². The maximum absolute atomic E-state index is 12.1. The summed E-state index contributed by atoms with van der Waals surface area (Å²) in [6, 6.07) is 8.41. The summed E-state index contributed by atoms with van der Waals surface area (Å²) in [5.74, 6) is -1.52. The maximum Gasteiger partial charge on any atom is 0.408 e. The van der Waals surface area contributed by atoms with Gasteiger partial charge in [0.15, 0.2) is 0 Å². The van der Waals surface area contributed by atoms with Gasteiger partial charge in [0.1, 0.15) is 18.7 Å². The minimum atomic E-state index is -1.31.